The van der Waals surface area contributed by atoms with Crippen LogP contribution in [-0.2, 0) is 11.2 Å². The van der Waals surface area contributed by atoms with Gasteiger partial charge < -0.3 is 14.8 Å². The predicted octanol–water partition coefficient (Wildman–Crippen LogP) is 2.69. The Morgan fingerprint density at radius 2 is 1.96 bits per heavy atom. The van der Waals surface area contributed by atoms with Gasteiger partial charge in [-0.15, -0.1) is 0 Å². The number of aryl methyl sites for hydroxylation is 1. The van der Waals surface area contributed by atoms with Gasteiger partial charge in [-0.05, 0) is 25.7 Å². The third-order valence-corrected chi connectivity index (χ3v) is 4.24. The molecule has 5 nitrogen and oxygen atoms in total. The number of hydrogen-bond acceptors (Lipinski definition) is 4. The summed E-state index contributed by atoms with van der Waals surface area (Å²) in [4.78, 5) is 16.2. The van der Waals surface area contributed by atoms with Crippen molar-refractivity contribution in [3.05, 3.63) is 42.4 Å². The molecule has 1 aliphatic rings. The molecule has 0 atom stereocenters. The molecular formula is C18H22N2O3. The maximum atomic E-state index is 12.0. The highest BCUT2D eigenvalue weighted by Gasteiger charge is 2.20. The maximum absolute atomic E-state index is 12.0. The highest BCUT2D eigenvalue weighted by atomic mass is 16.4. The van der Waals surface area contributed by atoms with Crippen molar-refractivity contribution in [2.45, 2.75) is 50.7 Å². The first-order valence-corrected chi connectivity index (χ1v) is 8.18. The second-order valence-corrected chi connectivity index (χ2v) is 6.06. The molecule has 0 unspecified atom stereocenters. The van der Waals surface area contributed by atoms with E-state index in [0.29, 0.717) is 18.7 Å². The van der Waals surface area contributed by atoms with E-state index in [1.807, 2.05) is 30.3 Å². The summed E-state index contributed by atoms with van der Waals surface area (Å²) in [6.07, 6.45) is 5.60. The topological polar surface area (TPSA) is 75.4 Å². The van der Waals surface area contributed by atoms with Gasteiger partial charge in [-0.25, -0.2) is 4.98 Å². The number of carbonyl (C=O) groups excluding carboxylic acids is 1. The number of nitrogens with one attached hydrogen (secondary N) is 1. The molecule has 2 N–H and O–H groups in total. The number of nitrogens with zero attached hydrogens (tertiary/aromatic N) is 1. The number of oxazole rings is 1. The Balaban J connectivity index is 1.47. The van der Waals surface area contributed by atoms with Gasteiger partial charge in [0.1, 0.15) is 0 Å². The minimum atomic E-state index is -0.202. The van der Waals surface area contributed by atoms with E-state index < -0.39 is 0 Å². The van der Waals surface area contributed by atoms with Crippen LogP contribution in [0.2, 0.25) is 0 Å². The minimum absolute atomic E-state index is 0.0193. The molecule has 1 aromatic carbocycles. The van der Waals surface area contributed by atoms with Gasteiger partial charge in [-0.3, -0.25) is 4.79 Å². The quantitative estimate of drug-likeness (QED) is 0.890. The Bertz CT molecular complexity index is 631. The summed E-state index contributed by atoms with van der Waals surface area (Å²) < 4.78 is 5.70. The molecular weight excluding hydrogens is 292 g/mol. The Labute approximate surface area is 135 Å². The second-order valence-electron chi connectivity index (χ2n) is 6.06. The van der Waals surface area contributed by atoms with Gasteiger partial charge in [0.25, 0.3) is 0 Å². The number of aromatic nitrogens is 1. The molecule has 0 bridgehead atoms. The van der Waals surface area contributed by atoms with E-state index in [0.717, 1.165) is 37.0 Å². The number of amides is 1. The third-order valence-electron chi connectivity index (χ3n) is 4.24. The maximum Gasteiger partial charge on any atom is 0.220 e. The van der Waals surface area contributed by atoms with Gasteiger partial charge in [0.2, 0.25) is 5.91 Å². The lowest BCUT2D eigenvalue weighted by molar-refractivity contribution is -0.122. The average Bonchev–Trinajstić information content (AvgIpc) is 3.05. The van der Waals surface area contributed by atoms with Crippen molar-refractivity contribution in [2.24, 2.45) is 0 Å². The molecule has 1 fully saturated rings. The average molecular weight is 314 g/mol. The summed E-state index contributed by atoms with van der Waals surface area (Å²) in [5.74, 6) is 1.33. The molecule has 1 aromatic heterocycles. The van der Waals surface area contributed by atoms with E-state index in [1.165, 1.54) is 0 Å². The summed E-state index contributed by atoms with van der Waals surface area (Å²) >= 11 is 0. The molecule has 3 rings (SSSR count). The van der Waals surface area contributed by atoms with Gasteiger partial charge in [0.15, 0.2) is 11.7 Å². The fraction of sp³-hybridized carbons (Fsp3) is 0.444. The Morgan fingerprint density at radius 1 is 1.22 bits per heavy atom. The van der Waals surface area contributed by atoms with Crippen LogP contribution in [0.15, 0.2) is 40.9 Å². The third kappa shape index (κ3) is 4.42. The largest absolute Gasteiger partial charge is 0.441 e. The van der Waals surface area contributed by atoms with Crippen molar-refractivity contribution in [1.82, 2.24) is 10.3 Å². The SMILES string of the molecule is O=C(CCc1ncc(-c2ccccc2)o1)NC1CCC(O)CC1. The van der Waals surface area contributed by atoms with E-state index >= 15 is 0 Å². The first-order valence-electron chi connectivity index (χ1n) is 8.18. The highest BCUT2D eigenvalue weighted by molar-refractivity contribution is 5.76. The van der Waals surface area contributed by atoms with Crippen molar-refractivity contribution in [3.8, 4) is 11.3 Å². The van der Waals surface area contributed by atoms with Crippen molar-refractivity contribution in [1.29, 1.82) is 0 Å². The van der Waals surface area contributed by atoms with Gasteiger partial charge in [-0.2, -0.15) is 0 Å². The van der Waals surface area contributed by atoms with Gasteiger partial charge >= 0.3 is 0 Å². The summed E-state index contributed by atoms with van der Waals surface area (Å²) in [5, 5.41) is 12.5. The van der Waals surface area contributed by atoms with Crippen LogP contribution >= 0.6 is 0 Å². The predicted molar refractivity (Wildman–Crippen MR) is 86.7 cm³/mol. The molecule has 2 aromatic rings. The normalized spacial score (nSPS) is 21.1. The standard InChI is InChI=1S/C18H22N2O3/c21-15-8-6-14(7-9-15)20-17(22)10-11-18-19-12-16(23-18)13-4-2-1-3-5-13/h1-5,12,14-15,21H,6-11H2,(H,20,22). The Kier molecular flexibility index (Phi) is 5.08. The van der Waals surface area contributed by atoms with Crippen LogP contribution in [0.4, 0.5) is 0 Å². The van der Waals surface area contributed by atoms with Crippen LogP contribution < -0.4 is 5.32 Å². The summed E-state index contributed by atoms with van der Waals surface area (Å²) in [7, 11) is 0. The lowest BCUT2D eigenvalue weighted by Gasteiger charge is -2.26. The molecule has 1 aliphatic carbocycles. The summed E-state index contributed by atoms with van der Waals surface area (Å²) in [6, 6.07) is 9.98. The van der Waals surface area contributed by atoms with E-state index in [9.17, 15) is 9.90 Å². The highest BCUT2D eigenvalue weighted by Crippen LogP contribution is 2.21. The minimum Gasteiger partial charge on any atom is -0.441 e. The molecule has 122 valence electrons. The zero-order valence-corrected chi connectivity index (χ0v) is 13.1. The Hall–Kier alpha value is -2.14. The van der Waals surface area contributed by atoms with E-state index in [-0.39, 0.29) is 18.1 Å². The number of hydrogen-bond donors (Lipinski definition) is 2. The summed E-state index contributed by atoms with van der Waals surface area (Å²) in [5.41, 5.74) is 0.983. The van der Waals surface area contributed by atoms with Crippen molar-refractivity contribution in [3.63, 3.8) is 0 Å². The van der Waals surface area contributed by atoms with Gasteiger partial charge in [-0.1, -0.05) is 30.3 Å². The number of carbonyl (C=O) groups is 1. The lowest BCUT2D eigenvalue weighted by Crippen LogP contribution is -2.38. The lowest BCUT2D eigenvalue weighted by atomic mass is 9.93. The molecule has 5 heteroatoms. The monoisotopic (exact) mass is 314 g/mol. The summed E-state index contributed by atoms with van der Waals surface area (Å²) in [6.45, 7) is 0. The molecule has 23 heavy (non-hydrogen) atoms. The second kappa shape index (κ2) is 7.42. The van der Waals surface area contributed by atoms with Crippen LogP contribution in [-0.4, -0.2) is 28.1 Å². The number of aliphatic hydroxyl groups excluding tert-OH is 1. The first kappa shape index (κ1) is 15.7. The fourth-order valence-corrected chi connectivity index (χ4v) is 2.90. The van der Waals surface area contributed by atoms with Gasteiger partial charge in [0, 0.05) is 24.4 Å². The number of aliphatic hydroxyl groups is 1. The Morgan fingerprint density at radius 3 is 2.70 bits per heavy atom. The molecule has 0 radical (unpaired) electrons. The molecule has 1 amide bonds. The first-order chi connectivity index (χ1) is 11.2. The van der Waals surface area contributed by atoms with Crippen molar-refractivity contribution < 1.29 is 14.3 Å². The molecule has 1 saturated carbocycles. The zero-order valence-electron chi connectivity index (χ0n) is 13.1. The molecule has 0 spiro atoms. The van der Waals surface area contributed by atoms with Crippen molar-refractivity contribution in [2.75, 3.05) is 0 Å². The zero-order chi connectivity index (χ0) is 16.1. The molecule has 0 saturated heterocycles. The fourth-order valence-electron chi connectivity index (χ4n) is 2.90. The van der Waals surface area contributed by atoms with Gasteiger partial charge in [0.05, 0.1) is 12.3 Å². The van der Waals surface area contributed by atoms with Crippen LogP contribution in [0.3, 0.4) is 0 Å². The number of rotatable bonds is 5. The van der Waals surface area contributed by atoms with E-state index in [2.05, 4.69) is 10.3 Å². The van der Waals surface area contributed by atoms with Crippen LogP contribution in [0.1, 0.15) is 38.0 Å². The van der Waals surface area contributed by atoms with Crippen LogP contribution in [0.5, 0.6) is 0 Å². The molecule has 0 aliphatic heterocycles. The van der Waals surface area contributed by atoms with Crippen LogP contribution in [0, 0.1) is 0 Å². The van der Waals surface area contributed by atoms with E-state index in [1.54, 1.807) is 6.20 Å². The van der Waals surface area contributed by atoms with Crippen molar-refractivity contribution >= 4 is 5.91 Å². The van der Waals surface area contributed by atoms with Crippen LogP contribution in [0.25, 0.3) is 11.3 Å². The molecule has 1 heterocycles. The smallest absolute Gasteiger partial charge is 0.220 e. The van der Waals surface area contributed by atoms with E-state index in [4.69, 9.17) is 4.42 Å². The number of benzene rings is 1.